The molecule has 2 nitrogen and oxygen atoms in total. The molecule has 2 saturated carbocycles. The molecule has 0 N–H and O–H groups in total. The van der Waals surface area contributed by atoms with E-state index in [4.69, 9.17) is 0 Å². The maximum absolute atomic E-state index is 10.9. The van der Waals surface area contributed by atoms with Crippen molar-refractivity contribution in [1.29, 1.82) is 0 Å². The highest BCUT2D eigenvalue weighted by atomic mass is 16.5. The van der Waals surface area contributed by atoms with Crippen LogP contribution in [0, 0.1) is 29.6 Å². The van der Waals surface area contributed by atoms with Crippen molar-refractivity contribution in [3.63, 3.8) is 0 Å². The summed E-state index contributed by atoms with van der Waals surface area (Å²) in [5.41, 5.74) is 0. The van der Waals surface area contributed by atoms with Crippen molar-refractivity contribution < 1.29 is 9.53 Å². The third-order valence-electron chi connectivity index (χ3n) is 4.10. The molecule has 0 saturated heterocycles. The molecule has 0 aliphatic heterocycles. The Kier molecular flexibility index (Phi) is 3.88. The molecule has 0 aromatic heterocycles. The Balaban J connectivity index is 1.89. The van der Waals surface area contributed by atoms with Gasteiger partial charge in [0, 0.05) is 11.8 Å². The molecule has 3 atom stereocenters. The molecule has 2 fully saturated rings. The van der Waals surface area contributed by atoms with Gasteiger partial charge in [0.25, 0.3) is 0 Å². The van der Waals surface area contributed by atoms with E-state index in [1.807, 2.05) is 0 Å². The van der Waals surface area contributed by atoms with Gasteiger partial charge in [0.1, 0.15) is 0 Å². The van der Waals surface area contributed by atoms with E-state index in [0.717, 1.165) is 11.8 Å². The maximum Gasteiger partial charge on any atom is 0.384 e. The van der Waals surface area contributed by atoms with E-state index in [-0.39, 0.29) is 0 Å². The largest absolute Gasteiger partial charge is 0.459 e. The molecular weight excluding hydrogens is 200 g/mol. The van der Waals surface area contributed by atoms with Crippen molar-refractivity contribution in [2.75, 3.05) is 7.11 Å². The maximum atomic E-state index is 10.9. The average Bonchev–Trinajstić information content (AvgIpc) is 2.35. The molecule has 0 aromatic rings. The minimum absolute atomic E-state index is 0.397. The van der Waals surface area contributed by atoms with Crippen molar-refractivity contribution in [3.8, 4) is 11.8 Å². The van der Waals surface area contributed by atoms with Gasteiger partial charge in [0.15, 0.2) is 0 Å². The lowest BCUT2D eigenvalue weighted by Crippen LogP contribution is -2.27. The number of carbonyl (C=O) groups is 1. The number of fused-ring (bicyclic) bond motifs is 1. The lowest BCUT2D eigenvalue weighted by atomic mass is 9.68. The van der Waals surface area contributed by atoms with E-state index in [9.17, 15) is 4.79 Å². The Labute approximate surface area is 97.7 Å². The van der Waals surface area contributed by atoms with Gasteiger partial charge in [-0.2, -0.15) is 0 Å². The second-order valence-electron chi connectivity index (χ2n) is 5.08. The zero-order valence-corrected chi connectivity index (χ0v) is 10.00. The number of esters is 1. The molecule has 0 heterocycles. The topological polar surface area (TPSA) is 26.3 Å². The van der Waals surface area contributed by atoms with Gasteiger partial charge in [-0.1, -0.05) is 31.6 Å². The first kappa shape index (κ1) is 11.5. The third kappa shape index (κ3) is 2.78. The van der Waals surface area contributed by atoms with Crippen LogP contribution < -0.4 is 0 Å². The Hall–Kier alpha value is -0.970. The summed E-state index contributed by atoms with van der Waals surface area (Å²) < 4.78 is 4.54. The average molecular weight is 220 g/mol. The molecule has 3 unspecified atom stereocenters. The Morgan fingerprint density at radius 1 is 1.12 bits per heavy atom. The molecule has 0 bridgehead atoms. The fourth-order valence-electron chi connectivity index (χ4n) is 3.22. The van der Waals surface area contributed by atoms with Crippen LogP contribution in [0.2, 0.25) is 0 Å². The molecule has 0 aromatic carbocycles. The molecule has 2 heteroatoms. The second-order valence-corrected chi connectivity index (χ2v) is 5.08. The van der Waals surface area contributed by atoms with Gasteiger partial charge in [-0.3, -0.25) is 0 Å². The van der Waals surface area contributed by atoms with E-state index in [2.05, 4.69) is 16.6 Å². The summed E-state index contributed by atoms with van der Waals surface area (Å²) in [7, 11) is 1.38. The SMILES string of the molecule is COC(=O)C#CC1CCC2CCCCC2C1. The van der Waals surface area contributed by atoms with Gasteiger partial charge in [0.2, 0.25) is 0 Å². The van der Waals surface area contributed by atoms with E-state index >= 15 is 0 Å². The van der Waals surface area contributed by atoms with Crippen LogP contribution >= 0.6 is 0 Å². The lowest BCUT2D eigenvalue weighted by molar-refractivity contribution is -0.133. The number of ether oxygens (including phenoxy) is 1. The van der Waals surface area contributed by atoms with Crippen LogP contribution in [0.3, 0.4) is 0 Å². The Morgan fingerprint density at radius 3 is 2.62 bits per heavy atom. The first-order valence-corrected chi connectivity index (χ1v) is 6.39. The highest BCUT2D eigenvalue weighted by Gasteiger charge is 2.31. The smallest absolute Gasteiger partial charge is 0.384 e. The number of hydrogen-bond donors (Lipinski definition) is 0. The summed E-state index contributed by atoms with van der Waals surface area (Å²) in [6.07, 6.45) is 9.28. The molecule has 16 heavy (non-hydrogen) atoms. The Morgan fingerprint density at radius 2 is 1.88 bits per heavy atom. The van der Waals surface area contributed by atoms with Crippen LogP contribution in [0.1, 0.15) is 44.9 Å². The molecule has 88 valence electrons. The van der Waals surface area contributed by atoms with Gasteiger partial charge in [0.05, 0.1) is 7.11 Å². The highest BCUT2D eigenvalue weighted by Crippen LogP contribution is 2.42. The summed E-state index contributed by atoms with van der Waals surface area (Å²) in [4.78, 5) is 10.9. The quantitative estimate of drug-likeness (QED) is 0.356. The fraction of sp³-hybridized carbons (Fsp3) is 0.786. The van der Waals surface area contributed by atoms with Crippen LogP contribution in [-0.2, 0) is 9.53 Å². The normalized spacial score (nSPS) is 33.2. The number of hydrogen-bond acceptors (Lipinski definition) is 2. The summed E-state index contributed by atoms with van der Waals surface area (Å²) in [6.45, 7) is 0. The molecule has 2 aliphatic rings. The van der Waals surface area contributed by atoms with Crippen molar-refractivity contribution in [2.24, 2.45) is 17.8 Å². The monoisotopic (exact) mass is 220 g/mol. The molecule has 0 amide bonds. The second kappa shape index (κ2) is 5.39. The number of carbonyl (C=O) groups excluding carboxylic acids is 1. The van der Waals surface area contributed by atoms with Crippen LogP contribution in [0.4, 0.5) is 0 Å². The van der Waals surface area contributed by atoms with E-state index in [1.54, 1.807) is 0 Å². The third-order valence-corrected chi connectivity index (χ3v) is 4.10. The molecular formula is C14H20O2. The zero-order chi connectivity index (χ0) is 11.4. The van der Waals surface area contributed by atoms with Crippen LogP contribution in [-0.4, -0.2) is 13.1 Å². The van der Waals surface area contributed by atoms with Gasteiger partial charge >= 0.3 is 5.97 Å². The minimum atomic E-state index is -0.397. The Bertz CT molecular complexity index is 310. The lowest BCUT2D eigenvalue weighted by Gasteiger charge is -2.37. The van der Waals surface area contributed by atoms with Gasteiger partial charge in [-0.15, -0.1) is 0 Å². The van der Waals surface area contributed by atoms with Gasteiger partial charge < -0.3 is 4.74 Å². The summed E-state index contributed by atoms with van der Waals surface area (Å²) in [5, 5.41) is 0. The highest BCUT2D eigenvalue weighted by molar-refractivity contribution is 5.88. The van der Waals surface area contributed by atoms with Crippen molar-refractivity contribution in [3.05, 3.63) is 0 Å². The fourth-order valence-corrected chi connectivity index (χ4v) is 3.22. The summed E-state index contributed by atoms with van der Waals surface area (Å²) in [6, 6.07) is 0. The van der Waals surface area contributed by atoms with Crippen LogP contribution in [0.25, 0.3) is 0 Å². The first-order chi connectivity index (χ1) is 7.79. The number of methoxy groups -OCH3 is 1. The molecule has 0 radical (unpaired) electrons. The minimum Gasteiger partial charge on any atom is -0.459 e. The number of rotatable bonds is 0. The predicted octanol–water partition coefficient (Wildman–Crippen LogP) is 2.77. The first-order valence-electron chi connectivity index (χ1n) is 6.39. The van der Waals surface area contributed by atoms with Crippen molar-refractivity contribution in [2.45, 2.75) is 44.9 Å². The van der Waals surface area contributed by atoms with Crippen LogP contribution in [0.5, 0.6) is 0 Å². The molecule has 0 spiro atoms. The van der Waals surface area contributed by atoms with Gasteiger partial charge in [-0.25, -0.2) is 4.79 Å². The van der Waals surface area contributed by atoms with Crippen LogP contribution in [0.15, 0.2) is 0 Å². The van der Waals surface area contributed by atoms with E-state index in [1.165, 1.54) is 52.1 Å². The van der Waals surface area contributed by atoms with E-state index < -0.39 is 5.97 Å². The zero-order valence-electron chi connectivity index (χ0n) is 10.00. The van der Waals surface area contributed by atoms with Crippen molar-refractivity contribution >= 4 is 5.97 Å². The predicted molar refractivity (Wildman–Crippen MR) is 62.6 cm³/mol. The molecule has 2 aliphatic carbocycles. The van der Waals surface area contributed by atoms with Crippen molar-refractivity contribution in [1.82, 2.24) is 0 Å². The standard InChI is InChI=1S/C14H20O2/c1-16-14(15)9-7-11-6-8-12-4-2-3-5-13(12)10-11/h11-13H,2-6,8,10H2,1H3. The van der Waals surface area contributed by atoms with E-state index in [0.29, 0.717) is 5.92 Å². The molecule has 2 rings (SSSR count). The summed E-state index contributed by atoms with van der Waals surface area (Å²) in [5.74, 6) is 7.52. The summed E-state index contributed by atoms with van der Waals surface area (Å²) >= 11 is 0. The van der Waals surface area contributed by atoms with Gasteiger partial charge in [-0.05, 0) is 31.1 Å².